The summed E-state index contributed by atoms with van der Waals surface area (Å²) in [5, 5.41) is 10.4. The van der Waals surface area contributed by atoms with Gasteiger partial charge in [0.15, 0.2) is 0 Å². The first kappa shape index (κ1) is 14.4. The Balaban J connectivity index is 1.51. The Kier molecular flexibility index (Phi) is 3.39. The Hall–Kier alpha value is -2.24. The number of phenolic OH excluding ortho intramolecular Hbond substituents is 1. The quantitative estimate of drug-likeness (QED) is 0.899. The summed E-state index contributed by atoms with van der Waals surface area (Å²) >= 11 is 0. The van der Waals surface area contributed by atoms with E-state index in [-0.39, 0.29) is 23.8 Å². The van der Waals surface area contributed by atoms with E-state index >= 15 is 0 Å². The fraction of sp³-hybridized carbons (Fsp3) is 0.529. The van der Waals surface area contributed by atoms with Crippen LogP contribution in [0.3, 0.4) is 0 Å². The Morgan fingerprint density at radius 3 is 2.91 bits per heavy atom. The predicted octanol–water partition coefficient (Wildman–Crippen LogP) is 1.55. The van der Waals surface area contributed by atoms with Gasteiger partial charge in [0, 0.05) is 13.1 Å². The Morgan fingerprint density at radius 1 is 1.26 bits per heavy atom. The lowest BCUT2D eigenvalue weighted by Gasteiger charge is -2.22. The van der Waals surface area contributed by atoms with Gasteiger partial charge in [-0.1, -0.05) is 6.07 Å². The number of benzene rings is 1. The van der Waals surface area contributed by atoms with E-state index in [1.165, 1.54) is 0 Å². The molecule has 3 aliphatic rings. The molecule has 0 spiro atoms. The van der Waals surface area contributed by atoms with E-state index < -0.39 is 0 Å². The van der Waals surface area contributed by atoms with Gasteiger partial charge in [0.1, 0.15) is 12.4 Å². The van der Waals surface area contributed by atoms with E-state index in [1.807, 2.05) is 6.07 Å². The van der Waals surface area contributed by atoms with Crippen LogP contribution in [-0.2, 0) is 17.6 Å². The molecule has 1 aromatic carbocycles. The molecule has 4 rings (SSSR count). The first-order valence-electron chi connectivity index (χ1n) is 8.21. The van der Waals surface area contributed by atoms with Crippen LogP contribution in [0.2, 0.25) is 0 Å². The van der Waals surface area contributed by atoms with Crippen LogP contribution in [0, 0.1) is 0 Å². The molecule has 2 amide bonds. The lowest BCUT2D eigenvalue weighted by molar-refractivity contribution is 0.0777. The summed E-state index contributed by atoms with van der Waals surface area (Å²) in [7, 11) is 0. The molecule has 0 aromatic heterocycles. The second kappa shape index (κ2) is 5.44. The molecule has 1 unspecified atom stereocenters. The fourth-order valence-corrected chi connectivity index (χ4v) is 3.91. The van der Waals surface area contributed by atoms with Gasteiger partial charge in [0.25, 0.3) is 5.91 Å². The van der Waals surface area contributed by atoms with Crippen LogP contribution >= 0.6 is 0 Å². The number of nitrogens with zero attached hydrogens (tertiary/aromatic N) is 2. The zero-order valence-electron chi connectivity index (χ0n) is 13.0. The molecular weight excluding hydrogens is 296 g/mol. The molecule has 2 saturated heterocycles. The van der Waals surface area contributed by atoms with E-state index in [4.69, 9.17) is 4.74 Å². The van der Waals surface area contributed by atoms with Crippen LogP contribution in [0.4, 0.5) is 4.79 Å². The summed E-state index contributed by atoms with van der Waals surface area (Å²) in [6.45, 7) is 2.12. The molecule has 0 bridgehead atoms. The molecular formula is C17H20N2O4. The summed E-state index contributed by atoms with van der Waals surface area (Å²) in [6, 6.07) is 3.71. The van der Waals surface area contributed by atoms with Crippen LogP contribution in [0.1, 0.15) is 34.3 Å². The number of rotatable bonds is 2. The minimum Gasteiger partial charge on any atom is -0.507 e. The van der Waals surface area contributed by atoms with E-state index in [1.54, 1.807) is 15.9 Å². The van der Waals surface area contributed by atoms with Crippen LogP contribution in [0.15, 0.2) is 12.1 Å². The van der Waals surface area contributed by atoms with Gasteiger partial charge in [0.05, 0.1) is 18.2 Å². The van der Waals surface area contributed by atoms with Gasteiger partial charge in [-0.2, -0.15) is 0 Å². The second-order valence-electron chi connectivity index (χ2n) is 6.45. The van der Waals surface area contributed by atoms with Crippen molar-refractivity contribution in [1.29, 1.82) is 0 Å². The van der Waals surface area contributed by atoms with Crippen LogP contribution in [0.5, 0.6) is 5.75 Å². The second-order valence-corrected chi connectivity index (χ2v) is 6.45. The largest absolute Gasteiger partial charge is 0.507 e. The van der Waals surface area contributed by atoms with Gasteiger partial charge < -0.3 is 14.7 Å². The Bertz CT molecular complexity index is 673. The number of amides is 2. The number of phenols is 1. The number of cyclic esters (lactones) is 1. The maximum atomic E-state index is 12.7. The standard InChI is InChI=1S/C17H20N2O4/c20-15-13-3-1-2-11(13)4-5-14(15)16(21)18-7-6-12(10-18)19-8-9-23-17(19)22/h4-5,12,20H,1-3,6-10H2. The molecule has 1 aliphatic carbocycles. The highest BCUT2D eigenvalue weighted by Crippen LogP contribution is 2.34. The normalized spacial score (nSPS) is 23.3. The number of hydrogen-bond donors (Lipinski definition) is 1. The topological polar surface area (TPSA) is 70.1 Å². The lowest BCUT2D eigenvalue weighted by Crippen LogP contribution is -2.39. The number of hydrogen-bond acceptors (Lipinski definition) is 4. The number of ether oxygens (including phenoxy) is 1. The Labute approximate surface area is 134 Å². The zero-order valence-corrected chi connectivity index (χ0v) is 13.0. The van der Waals surface area contributed by atoms with E-state index in [0.717, 1.165) is 36.8 Å². The van der Waals surface area contributed by atoms with Crippen molar-refractivity contribution in [3.63, 3.8) is 0 Å². The average molecular weight is 316 g/mol. The number of aromatic hydroxyl groups is 1. The molecule has 2 fully saturated rings. The van der Waals surface area contributed by atoms with Crippen molar-refractivity contribution in [2.24, 2.45) is 0 Å². The molecule has 1 atom stereocenters. The van der Waals surface area contributed by atoms with E-state index in [2.05, 4.69) is 0 Å². The van der Waals surface area contributed by atoms with Crippen LogP contribution in [-0.4, -0.2) is 59.2 Å². The summed E-state index contributed by atoms with van der Waals surface area (Å²) in [4.78, 5) is 27.8. The minimum atomic E-state index is -0.287. The number of fused-ring (bicyclic) bond motifs is 1. The molecule has 2 aliphatic heterocycles. The maximum Gasteiger partial charge on any atom is 0.410 e. The molecule has 0 saturated carbocycles. The van der Waals surface area contributed by atoms with Crippen molar-refractivity contribution in [2.45, 2.75) is 31.7 Å². The van der Waals surface area contributed by atoms with Gasteiger partial charge >= 0.3 is 6.09 Å². The van der Waals surface area contributed by atoms with Crippen molar-refractivity contribution in [3.05, 3.63) is 28.8 Å². The third-order valence-corrected chi connectivity index (χ3v) is 5.17. The summed E-state index contributed by atoms with van der Waals surface area (Å²) in [5.74, 6) is 0.00120. The van der Waals surface area contributed by atoms with Crippen molar-refractivity contribution < 1.29 is 19.4 Å². The van der Waals surface area contributed by atoms with Crippen LogP contribution in [0.25, 0.3) is 0 Å². The molecule has 122 valence electrons. The molecule has 1 N–H and O–H groups in total. The van der Waals surface area contributed by atoms with Crippen molar-refractivity contribution >= 4 is 12.0 Å². The first-order valence-corrected chi connectivity index (χ1v) is 8.21. The highest BCUT2D eigenvalue weighted by Gasteiger charge is 2.37. The molecule has 0 radical (unpaired) electrons. The maximum absolute atomic E-state index is 12.7. The van der Waals surface area contributed by atoms with E-state index in [0.29, 0.717) is 31.8 Å². The monoisotopic (exact) mass is 316 g/mol. The Morgan fingerprint density at radius 2 is 2.13 bits per heavy atom. The predicted molar refractivity (Wildman–Crippen MR) is 82.5 cm³/mol. The minimum absolute atomic E-state index is 0.0190. The highest BCUT2D eigenvalue weighted by atomic mass is 16.6. The summed E-state index contributed by atoms with van der Waals surface area (Å²) in [6.07, 6.45) is 3.31. The van der Waals surface area contributed by atoms with Crippen molar-refractivity contribution in [2.75, 3.05) is 26.2 Å². The number of carbonyl (C=O) groups is 2. The molecule has 23 heavy (non-hydrogen) atoms. The third-order valence-electron chi connectivity index (χ3n) is 5.17. The molecule has 6 nitrogen and oxygen atoms in total. The molecule has 2 heterocycles. The number of aryl methyl sites for hydroxylation is 1. The molecule has 6 heteroatoms. The smallest absolute Gasteiger partial charge is 0.410 e. The number of carbonyl (C=O) groups excluding carboxylic acids is 2. The SMILES string of the molecule is O=C(c1ccc2c(c1O)CCC2)N1CCC(N2CCOC2=O)C1. The zero-order chi connectivity index (χ0) is 16.0. The third kappa shape index (κ3) is 2.33. The average Bonchev–Trinajstić information content (AvgIpc) is 3.26. The van der Waals surface area contributed by atoms with E-state index in [9.17, 15) is 14.7 Å². The summed E-state index contributed by atoms with van der Waals surface area (Å²) in [5.41, 5.74) is 2.46. The van der Waals surface area contributed by atoms with Crippen LogP contribution < -0.4 is 0 Å². The highest BCUT2D eigenvalue weighted by molar-refractivity contribution is 5.97. The summed E-state index contributed by atoms with van der Waals surface area (Å²) < 4.78 is 4.97. The first-order chi connectivity index (χ1) is 11.1. The van der Waals surface area contributed by atoms with Gasteiger partial charge in [-0.25, -0.2) is 4.79 Å². The van der Waals surface area contributed by atoms with Gasteiger partial charge in [-0.05, 0) is 42.9 Å². The number of likely N-dealkylation sites (tertiary alicyclic amines) is 1. The van der Waals surface area contributed by atoms with Gasteiger partial charge in [0.2, 0.25) is 0 Å². The van der Waals surface area contributed by atoms with Gasteiger partial charge in [-0.3, -0.25) is 9.69 Å². The van der Waals surface area contributed by atoms with Gasteiger partial charge in [-0.15, -0.1) is 0 Å². The van der Waals surface area contributed by atoms with Crippen molar-refractivity contribution in [3.8, 4) is 5.75 Å². The fourth-order valence-electron chi connectivity index (χ4n) is 3.91. The lowest BCUT2D eigenvalue weighted by atomic mass is 10.0. The van der Waals surface area contributed by atoms with Crippen molar-refractivity contribution in [1.82, 2.24) is 9.80 Å². The molecule has 1 aromatic rings.